The average molecular weight is 276 g/mol. The van der Waals surface area contributed by atoms with Gasteiger partial charge in [-0.2, -0.15) is 0 Å². The van der Waals surface area contributed by atoms with Crippen molar-refractivity contribution >= 4 is 0 Å². The summed E-state index contributed by atoms with van der Waals surface area (Å²) >= 11 is 0. The van der Waals surface area contributed by atoms with E-state index in [1.54, 1.807) is 0 Å². The van der Waals surface area contributed by atoms with Crippen LogP contribution in [0.15, 0.2) is 24.3 Å². The first kappa shape index (κ1) is 15.3. The summed E-state index contributed by atoms with van der Waals surface area (Å²) in [7, 11) is 0. The predicted octanol–water partition coefficient (Wildman–Crippen LogP) is 3.35. The fourth-order valence-corrected chi connectivity index (χ4v) is 2.91. The SMILES string of the molecule is CC(C)Oc1ccc(C(N)CN2CCCC2(C)C)cc1. The van der Waals surface area contributed by atoms with E-state index in [1.807, 2.05) is 26.0 Å². The van der Waals surface area contributed by atoms with E-state index in [-0.39, 0.29) is 17.7 Å². The molecule has 0 spiro atoms. The van der Waals surface area contributed by atoms with Gasteiger partial charge >= 0.3 is 0 Å². The molecule has 1 fully saturated rings. The number of hydrogen-bond donors (Lipinski definition) is 1. The van der Waals surface area contributed by atoms with Gasteiger partial charge in [0.2, 0.25) is 0 Å². The molecule has 1 atom stereocenters. The lowest BCUT2D eigenvalue weighted by Crippen LogP contribution is -2.42. The summed E-state index contributed by atoms with van der Waals surface area (Å²) in [6.07, 6.45) is 2.75. The summed E-state index contributed by atoms with van der Waals surface area (Å²) < 4.78 is 5.66. The van der Waals surface area contributed by atoms with Crippen LogP contribution in [0, 0.1) is 0 Å². The van der Waals surface area contributed by atoms with Crippen molar-refractivity contribution in [2.75, 3.05) is 13.1 Å². The molecule has 0 bridgehead atoms. The van der Waals surface area contributed by atoms with Crippen LogP contribution in [-0.2, 0) is 0 Å². The Bertz CT molecular complexity index is 425. The van der Waals surface area contributed by atoms with Crippen LogP contribution >= 0.6 is 0 Å². The molecule has 1 aliphatic rings. The van der Waals surface area contributed by atoms with E-state index in [4.69, 9.17) is 10.5 Å². The molecule has 1 saturated heterocycles. The number of nitrogens with two attached hydrogens (primary N) is 1. The molecule has 2 N–H and O–H groups in total. The molecule has 1 aromatic rings. The zero-order chi connectivity index (χ0) is 14.8. The van der Waals surface area contributed by atoms with Crippen LogP contribution in [-0.4, -0.2) is 29.6 Å². The molecule has 1 heterocycles. The topological polar surface area (TPSA) is 38.5 Å². The van der Waals surface area contributed by atoms with Gasteiger partial charge in [-0.25, -0.2) is 0 Å². The molecule has 1 aromatic carbocycles. The van der Waals surface area contributed by atoms with Crippen LogP contribution in [0.3, 0.4) is 0 Å². The third-order valence-corrected chi connectivity index (χ3v) is 4.17. The number of nitrogens with zero attached hydrogens (tertiary/aromatic N) is 1. The Morgan fingerprint density at radius 2 is 1.90 bits per heavy atom. The van der Waals surface area contributed by atoms with Gasteiger partial charge in [-0.3, -0.25) is 4.90 Å². The summed E-state index contributed by atoms with van der Waals surface area (Å²) in [4.78, 5) is 2.51. The summed E-state index contributed by atoms with van der Waals surface area (Å²) in [5, 5.41) is 0. The maximum Gasteiger partial charge on any atom is 0.119 e. The number of rotatable bonds is 5. The Morgan fingerprint density at radius 3 is 2.40 bits per heavy atom. The van der Waals surface area contributed by atoms with Crippen LogP contribution in [0.25, 0.3) is 0 Å². The van der Waals surface area contributed by atoms with E-state index < -0.39 is 0 Å². The summed E-state index contributed by atoms with van der Waals surface area (Å²) in [6.45, 7) is 10.8. The monoisotopic (exact) mass is 276 g/mol. The molecule has 3 heteroatoms. The molecule has 2 rings (SSSR count). The van der Waals surface area contributed by atoms with Crippen molar-refractivity contribution in [3.63, 3.8) is 0 Å². The molecule has 3 nitrogen and oxygen atoms in total. The second-order valence-corrected chi connectivity index (χ2v) is 6.70. The molecule has 20 heavy (non-hydrogen) atoms. The predicted molar refractivity (Wildman–Crippen MR) is 84.0 cm³/mol. The highest BCUT2D eigenvalue weighted by Gasteiger charge is 2.32. The lowest BCUT2D eigenvalue weighted by molar-refractivity contribution is 0.165. The van der Waals surface area contributed by atoms with Crippen LogP contribution in [0.5, 0.6) is 5.75 Å². The quantitative estimate of drug-likeness (QED) is 0.896. The van der Waals surface area contributed by atoms with Crippen LogP contribution < -0.4 is 10.5 Å². The second-order valence-electron chi connectivity index (χ2n) is 6.70. The zero-order valence-electron chi connectivity index (χ0n) is 13.2. The highest BCUT2D eigenvalue weighted by Crippen LogP contribution is 2.30. The molecule has 112 valence electrons. The molecule has 0 aliphatic carbocycles. The summed E-state index contributed by atoms with van der Waals surface area (Å²) in [5.74, 6) is 0.914. The van der Waals surface area contributed by atoms with Crippen molar-refractivity contribution in [3.8, 4) is 5.75 Å². The van der Waals surface area contributed by atoms with Crippen LogP contribution in [0.1, 0.15) is 52.1 Å². The Morgan fingerprint density at radius 1 is 1.25 bits per heavy atom. The standard InChI is InChI=1S/C17H28N2O/c1-13(2)20-15-8-6-14(7-9-15)16(18)12-19-11-5-10-17(19,3)4/h6-9,13,16H,5,10-12,18H2,1-4H3. The molecule has 1 aliphatic heterocycles. The minimum absolute atomic E-state index is 0.0699. The van der Waals surface area contributed by atoms with Crippen LogP contribution in [0.4, 0.5) is 0 Å². The molecule has 0 radical (unpaired) electrons. The first-order chi connectivity index (χ1) is 9.38. The second kappa shape index (κ2) is 6.15. The highest BCUT2D eigenvalue weighted by molar-refractivity contribution is 5.29. The van der Waals surface area contributed by atoms with E-state index in [9.17, 15) is 0 Å². The smallest absolute Gasteiger partial charge is 0.119 e. The third kappa shape index (κ3) is 3.74. The molecule has 0 aromatic heterocycles. The maximum absolute atomic E-state index is 6.36. The van der Waals surface area contributed by atoms with Gasteiger partial charge in [0.1, 0.15) is 5.75 Å². The Hall–Kier alpha value is -1.06. The van der Waals surface area contributed by atoms with E-state index in [0.717, 1.165) is 18.8 Å². The molecule has 0 saturated carbocycles. The van der Waals surface area contributed by atoms with E-state index >= 15 is 0 Å². The molecular weight excluding hydrogens is 248 g/mol. The molecular formula is C17H28N2O. The summed E-state index contributed by atoms with van der Waals surface area (Å²) in [5.41, 5.74) is 7.84. The van der Waals surface area contributed by atoms with Gasteiger partial charge in [-0.1, -0.05) is 12.1 Å². The lowest BCUT2D eigenvalue weighted by atomic mass is 10.0. The van der Waals surface area contributed by atoms with Gasteiger partial charge in [0, 0.05) is 18.1 Å². The Balaban J connectivity index is 1.97. The van der Waals surface area contributed by atoms with Gasteiger partial charge in [0.05, 0.1) is 6.10 Å². The van der Waals surface area contributed by atoms with Crippen molar-refractivity contribution in [2.45, 2.75) is 58.2 Å². The highest BCUT2D eigenvalue weighted by atomic mass is 16.5. The van der Waals surface area contributed by atoms with Crippen molar-refractivity contribution in [1.29, 1.82) is 0 Å². The van der Waals surface area contributed by atoms with E-state index in [1.165, 1.54) is 18.4 Å². The van der Waals surface area contributed by atoms with Crippen molar-refractivity contribution in [1.82, 2.24) is 4.90 Å². The third-order valence-electron chi connectivity index (χ3n) is 4.17. The minimum Gasteiger partial charge on any atom is -0.491 e. The van der Waals surface area contributed by atoms with Crippen molar-refractivity contribution in [2.24, 2.45) is 5.73 Å². The minimum atomic E-state index is 0.0699. The lowest BCUT2D eigenvalue weighted by Gasteiger charge is -2.33. The first-order valence-corrected chi connectivity index (χ1v) is 7.66. The van der Waals surface area contributed by atoms with Crippen molar-refractivity contribution < 1.29 is 4.74 Å². The molecule has 1 unspecified atom stereocenters. The van der Waals surface area contributed by atoms with E-state index in [0.29, 0.717) is 0 Å². The zero-order valence-corrected chi connectivity index (χ0v) is 13.2. The Labute approximate surface area is 123 Å². The number of ether oxygens (including phenoxy) is 1. The van der Waals surface area contributed by atoms with Gasteiger partial charge in [0.25, 0.3) is 0 Å². The number of benzene rings is 1. The largest absolute Gasteiger partial charge is 0.491 e. The Kier molecular flexibility index (Phi) is 4.71. The fraction of sp³-hybridized carbons (Fsp3) is 0.647. The average Bonchev–Trinajstić information content (AvgIpc) is 2.69. The van der Waals surface area contributed by atoms with Gasteiger partial charge in [-0.05, 0) is 64.8 Å². The molecule has 0 amide bonds. The van der Waals surface area contributed by atoms with Crippen LogP contribution in [0.2, 0.25) is 0 Å². The number of hydrogen-bond acceptors (Lipinski definition) is 3. The maximum atomic E-state index is 6.36. The van der Waals surface area contributed by atoms with Crippen molar-refractivity contribution in [3.05, 3.63) is 29.8 Å². The number of likely N-dealkylation sites (tertiary alicyclic amines) is 1. The normalized spacial score (nSPS) is 20.3. The van der Waals surface area contributed by atoms with Gasteiger partial charge in [0.15, 0.2) is 0 Å². The fourth-order valence-electron chi connectivity index (χ4n) is 2.91. The summed E-state index contributed by atoms with van der Waals surface area (Å²) in [6, 6.07) is 8.28. The van der Waals surface area contributed by atoms with Gasteiger partial charge < -0.3 is 10.5 Å². The van der Waals surface area contributed by atoms with E-state index in [2.05, 4.69) is 30.9 Å². The van der Waals surface area contributed by atoms with Gasteiger partial charge in [-0.15, -0.1) is 0 Å². The first-order valence-electron chi connectivity index (χ1n) is 7.66.